The molecule has 0 aliphatic rings. The number of hydrogen-bond acceptors (Lipinski definition) is 16. The molecule has 0 spiro atoms. The van der Waals surface area contributed by atoms with E-state index >= 15 is 0 Å². The molecule has 0 amide bonds. The van der Waals surface area contributed by atoms with E-state index < -0.39 is 28.5 Å². The summed E-state index contributed by atoms with van der Waals surface area (Å²) in [5.74, 6) is -2.11. The van der Waals surface area contributed by atoms with Gasteiger partial charge in [-0.3, -0.25) is 38.4 Å². The van der Waals surface area contributed by atoms with Gasteiger partial charge in [0.15, 0.2) is 46.3 Å². The van der Waals surface area contributed by atoms with Gasteiger partial charge in [-0.15, -0.1) is 0 Å². The number of carbonyl (C=O) groups is 8. The molecule has 0 heterocycles. The van der Waals surface area contributed by atoms with Crippen molar-refractivity contribution >= 4 is 96.6 Å². The molecule has 21 heteroatoms. The van der Waals surface area contributed by atoms with Crippen molar-refractivity contribution in [3.8, 4) is 0 Å². The van der Waals surface area contributed by atoms with Gasteiger partial charge in [-0.05, 0) is 21.9 Å². The Morgan fingerprint density at radius 3 is 0.457 bits per heavy atom. The van der Waals surface area contributed by atoms with Crippen LogP contribution < -0.4 is 21.9 Å². The maximum Gasteiger partial charge on any atom is 3.00 e. The number of rotatable bonds is 20. The summed E-state index contributed by atoms with van der Waals surface area (Å²) in [4.78, 5) is 95.5. The van der Waals surface area contributed by atoms with Gasteiger partial charge < -0.3 is 40.2 Å². The van der Waals surface area contributed by atoms with Crippen LogP contribution >= 0.6 is 0 Å². The van der Waals surface area contributed by atoms with Crippen LogP contribution in [0.15, 0.2) is 218 Å². The molecular weight excluding hydrogens is 1170 g/mol. The van der Waals surface area contributed by atoms with Crippen molar-refractivity contribution in [2.75, 3.05) is 0 Å². The minimum Gasteiger partial charge on any atom is -0.423 e. The molecule has 0 bridgehead atoms. The Bertz CT molecular complexity index is 2880. The smallest absolute Gasteiger partial charge is 0.423 e. The second-order valence-electron chi connectivity index (χ2n) is 17.5. The summed E-state index contributed by atoms with van der Waals surface area (Å²) < 4.78 is 0. The van der Waals surface area contributed by atoms with Crippen LogP contribution in [0.5, 0.6) is 0 Å². The largest absolute Gasteiger partial charge is 3.00 e. The molecule has 8 N–H and O–H groups in total. The fourth-order valence-electron chi connectivity index (χ4n) is 7.26. The fraction of sp³-hybridized carbons (Fsp3) is 0.0667. The van der Waals surface area contributed by atoms with Crippen LogP contribution in [0.1, 0.15) is 109 Å². The molecule has 16 nitrogen and oxygen atoms in total. The second-order valence-corrected chi connectivity index (χ2v) is 17.5. The number of Topliss-reactive ketones (excluding diaryl/α,β-unsaturated/α-hetero) is 8. The molecule has 0 saturated carbocycles. The van der Waals surface area contributed by atoms with Crippen LogP contribution in [0.25, 0.3) is 0 Å². The second kappa shape index (κ2) is 34.1. The van der Waals surface area contributed by atoms with E-state index in [1.807, 2.05) is 0 Å². The first-order valence-corrected chi connectivity index (χ1v) is 24.6. The van der Waals surface area contributed by atoms with Crippen molar-refractivity contribution in [2.45, 2.75) is 25.7 Å². The SMILES string of the molecule is O=C(CC(=O)c1ccc(B(O)O)cc1)c1ccccc1.O=C(CC(=O)c1ccc(B(O)O)cc1)c1ccccc1.O=C(CC(=O)c1ccc(B(O)O)cc1)c1ccccc1.O=C(CC(=O)c1ccc(B(O)O)cc1)c1ccccc1.[Eu+3]. The standard InChI is InChI=1S/4C15H13BO4.Eu/c4*17-14(11-4-2-1-3-5-11)10-15(18)12-6-8-13(9-7-12)16(19)20;/h4*1-9,19-20H,10H2;/q;;;;+3. The van der Waals surface area contributed by atoms with Crippen molar-refractivity contribution in [3.05, 3.63) is 263 Å². The number of ketones is 8. The van der Waals surface area contributed by atoms with Gasteiger partial charge in [-0.1, -0.05) is 218 Å². The number of benzene rings is 8. The normalized spacial score (nSPS) is 9.98. The average molecular weight is 1220 g/mol. The summed E-state index contributed by atoms with van der Waals surface area (Å²) in [7, 11) is -6.26. The Labute approximate surface area is 508 Å². The predicted molar refractivity (Wildman–Crippen MR) is 304 cm³/mol. The van der Waals surface area contributed by atoms with E-state index in [1.54, 1.807) is 121 Å². The number of hydrogen-bond donors (Lipinski definition) is 8. The number of carbonyl (C=O) groups excluding carboxylic acids is 8. The summed E-state index contributed by atoms with van der Waals surface area (Å²) in [6.45, 7) is 0. The molecule has 0 aliphatic heterocycles. The van der Waals surface area contributed by atoms with Gasteiger partial charge in [-0.25, -0.2) is 0 Å². The Morgan fingerprint density at radius 2 is 0.333 bits per heavy atom. The van der Waals surface area contributed by atoms with Gasteiger partial charge in [0.05, 0.1) is 25.7 Å². The molecular formula is C60H52B4EuO16+3. The van der Waals surface area contributed by atoms with Gasteiger partial charge in [0.25, 0.3) is 0 Å². The molecule has 0 unspecified atom stereocenters. The summed E-state index contributed by atoms with van der Waals surface area (Å²) in [5.41, 5.74) is 4.71. The maximum atomic E-state index is 12.0. The van der Waals surface area contributed by atoms with Crippen LogP contribution in [-0.4, -0.2) is 115 Å². The quantitative estimate of drug-likeness (QED) is 0.0309. The summed E-state index contributed by atoms with van der Waals surface area (Å²) in [5, 5.41) is 71.7. The third kappa shape index (κ3) is 21.9. The van der Waals surface area contributed by atoms with Crippen molar-refractivity contribution in [1.82, 2.24) is 0 Å². The van der Waals surface area contributed by atoms with E-state index in [-0.39, 0.29) is 121 Å². The van der Waals surface area contributed by atoms with Gasteiger partial charge in [-0.2, -0.15) is 0 Å². The fourth-order valence-corrected chi connectivity index (χ4v) is 7.26. The first-order valence-electron chi connectivity index (χ1n) is 24.6. The third-order valence-electron chi connectivity index (χ3n) is 11.8. The average Bonchev–Trinajstić information content (AvgIpc) is 3.48. The van der Waals surface area contributed by atoms with E-state index in [0.717, 1.165) is 0 Å². The Kier molecular flexibility index (Phi) is 27.8. The van der Waals surface area contributed by atoms with Crippen LogP contribution in [0, 0.1) is 49.4 Å². The zero-order valence-corrected chi connectivity index (χ0v) is 45.6. The molecule has 0 atom stereocenters. The molecule has 0 saturated heterocycles. The molecule has 81 heavy (non-hydrogen) atoms. The molecule has 0 radical (unpaired) electrons. The minimum atomic E-state index is -1.56. The van der Waals surface area contributed by atoms with Gasteiger partial charge in [0.2, 0.25) is 0 Å². The van der Waals surface area contributed by atoms with E-state index in [4.69, 9.17) is 40.2 Å². The minimum absolute atomic E-state index is 0. The van der Waals surface area contributed by atoms with Crippen molar-refractivity contribution in [3.63, 3.8) is 0 Å². The van der Waals surface area contributed by atoms with Crippen LogP contribution in [-0.2, 0) is 0 Å². The monoisotopic (exact) mass is 1230 g/mol. The summed E-state index contributed by atoms with van der Waals surface area (Å²) in [6, 6.07) is 58.0. The topological polar surface area (TPSA) is 298 Å². The van der Waals surface area contributed by atoms with Crippen LogP contribution in [0.4, 0.5) is 0 Å². The molecule has 8 aromatic rings. The van der Waals surface area contributed by atoms with Gasteiger partial charge >= 0.3 is 77.9 Å². The summed E-state index contributed by atoms with van der Waals surface area (Å²) in [6.07, 6.45) is -0.813. The zero-order chi connectivity index (χ0) is 58.1. The Balaban J connectivity index is 0.000000231. The molecule has 0 aromatic heterocycles. The molecule has 8 aromatic carbocycles. The summed E-state index contributed by atoms with van der Waals surface area (Å²) >= 11 is 0. The molecule has 404 valence electrons. The van der Waals surface area contributed by atoms with Crippen molar-refractivity contribution in [2.24, 2.45) is 0 Å². The molecule has 8 rings (SSSR count). The van der Waals surface area contributed by atoms with Crippen molar-refractivity contribution < 1.29 is 128 Å². The van der Waals surface area contributed by atoms with Gasteiger partial charge in [0.1, 0.15) is 0 Å². The first-order chi connectivity index (χ1) is 38.3. The molecule has 0 aliphatic carbocycles. The van der Waals surface area contributed by atoms with Crippen LogP contribution in [0.2, 0.25) is 0 Å². The van der Waals surface area contributed by atoms with Crippen molar-refractivity contribution in [1.29, 1.82) is 0 Å². The predicted octanol–water partition coefficient (Wildman–Crippen LogP) is 3.29. The van der Waals surface area contributed by atoms with E-state index in [9.17, 15) is 38.4 Å². The maximum absolute atomic E-state index is 12.0. The molecule has 0 fully saturated rings. The van der Waals surface area contributed by atoms with Gasteiger partial charge in [0, 0.05) is 44.5 Å². The Hall–Kier alpha value is -7.36. The van der Waals surface area contributed by atoms with E-state index in [1.165, 1.54) is 97.1 Å². The van der Waals surface area contributed by atoms with Crippen LogP contribution in [0.3, 0.4) is 0 Å². The third-order valence-corrected chi connectivity index (χ3v) is 11.8. The zero-order valence-electron chi connectivity index (χ0n) is 43.1. The first kappa shape index (κ1) is 66.2. The van der Waals surface area contributed by atoms with E-state index in [2.05, 4.69) is 0 Å². The Morgan fingerprint density at radius 1 is 0.210 bits per heavy atom. The van der Waals surface area contributed by atoms with E-state index in [0.29, 0.717) is 66.4 Å².